The Hall–Kier alpha value is -3.44. The maximum Gasteiger partial charge on any atom is 0.267 e. The molecule has 1 aliphatic rings. The fourth-order valence-electron chi connectivity index (χ4n) is 4.93. The molecular formula is C30H28Cl3F2N3O5. The lowest BCUT2D eigenvalue weighted by atomic mass is 9.99. The van der Waals surface area contributed by atoms with E-state index in [1.165, 1.54) is 24.3 Å². The van der Waals surface area contributed by atoms with Crippen LogP contribution in [0, 0.1) is 6.92 Å². The van der Waals surface area contributed by atoms with Crippen molar-refractivity contribution < 1.29 is 33.4 Å². The highest BCUT2D eigenvalue weighted by molar-refractivity contribution is 6.35. The van der Waals surface area contributed by atoms with Gasteiger partial charge in [-0.1, -0.05) is 71.2 Å². The first-order valence-corrected chi connectivity index (χ1v) is 14.3. The number of rotatable bonds is 9. The van der Waals surface area contributed by atoms with Gasteiger partial charge in [0, 0.05) is 23.0 Å². The third-order valence-corrected chi connectivity index (χ3v) is 8.10. The van der Waals surface area contributed by atoms with Crippen molar-refractivity contribution in [2.45, 2.75) is 50.4 Å². The largest absolute Gasteiger partial charge is 0.506 e. The third kappa shape index (κ3) is 7.75. The monoisotopic (exact) mass is 653 g/mol. The molecule has 0 unspecified atom stereocenters. The van der Waals surface area contributed by atoms with E-state index < -0.39 is 54.8 Å². The standard InChI is InChI=1S/C30H28Cl3F2N3O5/c1-16-10-18(31)12-21(32)20(16)14-36-28(42)23-13-30(34,35)15-38(23)29(43)26(40)22(11-17-6-3-2-4-7-17)37-27(41)19-8-5-9-24(39)25(19)33/h2-10,12,22-23,26,39-40H,11,13-15H2,1H3,(H,36,42)(H,37,41)/t22-,23-,26-/m0/s1. The molecule has 0 aliphatic carbocycles. The van der Waals surface area contributed by atoms with Crippen LogP contribution >= 0.6 is 34.8 Å². The molecular weight excluding hydrogens is 627 g/mol. The molecule has 4 N–H and O–H groups in total. The van der Waals surface area contributed by atoms with Crippen LogP contribution in [0.1, 0.15) is 33.5 Å². The zero-order chi connectivity index (χ0) is 31.5. The van der Waals surface area contributed by atoms with Gasteiger partial charge in [0.15, 0.2) is 6.10 Å². The predicted octanol–water partition coefficient (Wildman–Crippen LogP) is 4.92. The Bertz CT molecular complexity index is 1500. The SMILES string of the molecule is Cc1cc(Cl)cc(Cl)c1CNC(=O)[C@@H]1CC(F)(F)CN1C(=O)[C@@H](O)[C@H](Cc1ccccc1)NC(=O)c1cccc(O)c1Cl. The van der Waals surface area contributed by atoms with Crippen molar-refractivity contribution in [3.8, 4) is 5.75 Å². The topological polar surface area (TPSA) is 119 Å². The molecule has 0 spiro atoms. The summed E-state index contributed by atoms with van der Waals surface area (Å²) < 4.78 is 29.3. The van der Waals surface area contributed by atoms with Gasteiger partial charge in [0.25, 0.3) is 17.7 Å². The molecule has 0 bridgehead atoms. The quantitative estimate of drug-likeness (QED) is 0.262. The molecule has 1 fully saturated rings. The maximum absolute atomic E-state index is 14.6. The lowest BCUT2D eigenvalue weighted by molar-refractivity contribution is -0.147. The number of alkyl halides is 2. The normalized spacial score (nSPS) is 17.3. The molecule has 3 amide bonds. The summed E-state index contributed by atoms with van der Waals surface area (Å²) >= 11 is 18.3. The highest BCUT2D eigenvalue weighted by Crippen LogP contribution is 2.34. The summed E-state index contributed by atoms with van der Waals surface area (Å²) in [6.45, 7) is 0.511. The molecule has 0 saturated carbocycles. The molecule has 1 heterocycles. The summed E-state index contributed by atoms with van der Waals surface area (Å²) in [4.78, 5) is 40.4. The van der Waals surface area contributed by atoms with Crippen LogP contribution in [0.4, 0.5) is 8.78 Å². The smallest absolute Gasteiger partial charge is 0.267 e. The van der Waals surface area contributed by atoms with E-state index in [0.29, 0.717) is 26.6 Å². The maximum atomic E-state index is 14.6. The van der Waals surface area contributed by atoms with Gasteiger partial charge in [0.2, 0.25) is 5.91 Å². The minimum absolute atomic E-state index is 0.0641. The number of nitrogens with one attached hydrogen (secondary N) is 2. The first-order chi connectivity index (χ1) is 20.3. The Morgan fingerprint density at radius 1 is 1.07 bits per heavy atom. The Kier molecular flexibility index (Phi) is 10.2. The number of nitrogens with zero attached hydrogens (tertiary/aromatic N) is 1. The molecule has 228 valence electrons. The van der Waals surface area contributed by atoms with Crippen LogP contribution in [0.25, 0.3) is 0 Å². The number of amides is 3. The molecule has 43 heavy (non-hydrogen) atoms. The van der Waals surface area contributed by atoms with Crippen molar-refractivity contribution in [2.24, 2.45) is 0 Å². The Morgan fingerprint density at radius 2 is 1.77 bits per heavy atom. The number of halogens is 5. The lowest BCUT2D eigenvalue weighted by Gasteiger charge is -2.30. The molecule has 0 aromatic heterocycles. The average Bonchev–Trinajstić information content (AvgIpc) is 3.28. The number of likely N-dealkylation sites (tertiary alicyclic amines) is 1. The molecule has 8 nitrogen and oxygen atoms in total. The van der Waals surface area contributed by atoms with E-state index >= 15 is 0 Å². The van der Waals surface area contributed by atoms with Gasteiger partial charge in [-0.15, -0.1) is 0 Å². The zero-order valence-corrected chi connectivity index (χ0v) is 25.1. The highest BCUT2D eigenvalue weighted by Gasteiger charge is 2.51. The van der Waals surface area contributed by atoms with E-state index in [2.05, 4.69) is 10.6 Å². The highest BCUT2D eigenvalue weighted by atomic mass is 35.5. The van der Waals surface area contributed by atoms with Crippen LogP contribution in [0.2, 0.25) is 15.1 Å². The van der Waals surface area contributed by atoms with Crippen molar-refractivity contribution in [3.63, 3.8) is 0 Å². The van der Waals surface area contributed by atoms with Crippen LogP contribution in [0.5, 0.6) is 5.75 Å². The summed E-state index contributed by atoms with van der Waals surface area (Å²) in [6, 6.07) is 12.8. The second kappa shape index (κ2) is 13.5. The minimum Gasteiger partial charge on any atom is -0.506 e. The molecule has 1 aliphatic heterocycles. The van der Waals surface area contributed by atoms with Crippen LogP contribution in [-0.2, 0) is 22.6 Å². The summed E-state index contributed by atoms with van der Waals surface area (Å²) in [7, 11) is 0. The second-order valence-corrected chi connectivity index (χ2v) is 11.5. The number of phenols is 1. The van der Waals surface area contributed by atoms with E-state index in [-0.39, 0.29) is 34.3 Å². The van der Waals surface area contributed by atoms with Gasteiger partial charge in [-0.3, -0.25) is 14.4 Å². The van der Waals surface area contributed by atoms with E-state index in [0.717, 1.165) is 0 Å². The van der Waals surface area contributed by atoms with Gasteiger partial charge >= 0.3 is 0 Å². The molecule has 3 aromatic carbocycles. The Labute approximate surface area is 261 Å². The van der Waals surface area contributed by atoms with Crippen molar-refractivity contribution in [1.82, 2.24) is 15.5 Å². The fourth-order valence-corrected chi connectivity index (χ4v) is 5.80. The average molecular weight is 655 g/mol. The van der Waals surface area contributed by atoms with Crippen LogP contribution in [-0.4, -0.2) is 63.5 Å². The Morgan fingerprint density at radius 3 is 2.44 bits per heavy atom. The molecule has 0 radical (unpaired) electrons. The number of hydrogen-bond acceptors (Lipinski definition) is 5. The number of aryl methyl sites for hydroxylation is 1. The van der Waals surface area contributed by atoms with Gasteiger partial charge in [-0.25, -0.2) is 8.78 Å². The van der Waals surface area contributed by atoms with Crippen LogP contribution < -0.4 is 10.6 Å². The van der Waals surface area contributed by atoms with Gasteiger partial charge in [0.1, 0.15) is 11.8 Å². The fraction of sp³-hybridized carbons (Fsp3) is 0.300. The van der Waals surface area contributed by atoms with Gasteiger partial charge < -0.3 is 25.7 Å². The first-order valence-electron chi connectivity index (χ1n) is 13.2. The summed E-state index contributed by atoms with van der Waals surface area (Å²) in [5, 5.41) is 26.6. The third-order valence-electron chi connectivity index (χ3n) is 7.15. The van der Waals surface area contributed by atoms with Crippen molar-refractivity contribution in [3.05, 3.63) is 98.0 Å². The number of phenolic OH excluding ortho intramolecular Hbond substituents is 1. The number of hydrogen-bond donors (Lipinski definition) is 4. The number of aliphatic hydroxyl groups excluding tert-OH is 1. The van der Waals surface area contributed by atoms with E-state index in [1.54, 1.807) is 43.3 Å². The van der Waals surface area contributed by atoms with Gasteiger partial charge in [-0.05, 0) is 54.3 Å². The van der Waals surface area contributed by atoms with Gasteiger partial charge in [-0.2, -0.15) is 0 Å². The minimum atomic E-state index is -3.40. The van der Waals surface area contributed by atoms with Crippen LogP contribution in [0.3, 0.4) is 0 Å². The van der Waals surface area contributed by atoms with Gasteiger partial charge in [0.05, 0.1) is 23.2 Å². The van der Waals surface area contributed by atoms with E-state index in [4.69, 9.17) is 34.8 Å². The number of aliphatic hydroxyl groups is 1. The second-order valence-electron chi connectivity index (χ2n) is 10.3. The first kappa shape index (κ1) is 32.5. The summed E-state index contributed by atoms with van der Waals surface area (Å²) in [5.74, 6) is -6.60. The molecule has 1 saturated heterocycles. The number of carbonyl (C=O) groups excluding carboxylic acids is 3. The van der Waals surface area contributed by atoms with Crippen molar-refractivity contribution in [2.75, 3.05) is 6.54 Å². The van der Waals surface area contributed by atoms with Crippen molar-refractivity contribution >= 4 is 52.5 Å². The van der Waals surface area contributed by atoms with Crippen LogP contribution in [0.15, 0.2) is 60.7 Å². The molecule has 3 aromatic rings. The van der Waals surface area contributed by atoms with E-state index in [1.807, 2.05) is 0 Å². The number of carbonyl (C=O) groups is 3. The van der Waals surface area contributed by atoms with E-state index in [9.17, 15) is 33.4 Å². The van der Waals surface area contributed by atoms with Crippen molar-refractivity contribution in [1.29, 1.82) is 0 Å². The summed E-state index contributed by atoms with van der Waals surface area (Å²) in [6.07, 6.45) is -3.04. The summed E-state index contributed by atoms with van der Waals surface area (Å²) in [5.41, 5.74) is 1.70. The molecule has 13 heteroatoms. The number of aromatic hydroxyl groups is 1. The molecule has 3 atom stereocenters. The number of benzene rings is 3. The molecule has 4 rings (SSSR count). The lowest BCUT2D eigenvalue weighted by Crippen LogP contribution is -2.55. The zero-order valence-electron chi connectivity index (χ0n) is 22.8. The Balaban J connectivity index is 1.56. The predicted molar refractivity (Wildman–Crippen MR) is 159 cm³/mol.